The molecule has 0 aromatic carbocycles. The minimum Gasteiger partial charge on any atom is -0.366 e. The van der Waals surface area contributed by atoms with Gasteiger partial charge in [-0.1, -0.05) is 6.92 Å². The van der Waals surface area contributed by atoms with Crippen molar-refractivity contribution in [1.29, 1.82) is 0 Å². The molecular weight excluding hydrogens is 230 g/mol. The van der Waals surface area contributed by atoms with Crippen LogP contribution in [-0.2, 0) is 0 Å². The summed E-state index contributed by atoms with van der Waals surface area (Å²) in [6, 6.07) is 3.09. The normalized spacial score (nSPS) is 19.6. The first-order valence-electron chi connectivity index (χ1n) is 6.13. The Morgan fingerprint density at radius 2 is 2.22 bits per heavy atom. The first kappa shape index (κ1) is 12.5. The van der Waals surface area contributed by atoms with Gasteiger partial charge in [0, 0.05) is 19.3 Å². The molecule has 5 nitrogen and oxygen atoms in total. The molecule has 0 bridgehead atoms. The van der Waals surface area contributed by atoms with Gasteiger partial charge in [0.2, 0.25) is 5.91 Å². The van der Waals surface area contributed by atoms with E-state index in [1.54, 1.807) is 6.07 Å². The molecular formula is C13H17N3O2. The van der Waals surface area contributed by atoms with E-state index in [1.165, 1.54) is 12.3 Å². The number of carbonyl (C=O) groups excluding carboxylic acids is 2. The second-order valence-electron chi connectivity index (χ2n) is 4.79. The Hall–Kier alpha value is -1.91. The van der Waals surface area contributed by atoms with E-state index >= 15 is 0 Å². The molecule has 0 spiro atoms. The number of likely N-dealkylation sites (tertiary alicyclic amines) is 1. The Balaban J connectivity index is 2.10. The standard InChI is InChI=1S/C13H17N3O2/c1-9-3-2-6-16(8-9)13(18)11-5-4-10(7-15-11)12(14)17/h4-5,7,9H,2-3,6,8H2,1H3,(H2,14,17). The Labute approximate surface area is 106 Å². The minimum atomic E-state index is -0.534. The van der Waals surface area contributed by atoms with Crippen molar-refractivity contribution in [1.82, 2.24) is 9.88 Å². The molecule has 1 aliphatic heterocycles. The van der Waals surface area contributed by atoms with Crippen LogP contribution >= 0.6 is 0 Å². The highest BCUT2D eigenvalue weighted by atomic mass is 16.2. The number of pyridine rings is 1. The van der Waals surface area contributed by atoms with Crippen molar-refractivity contribution in [3.8, 4) is 0 Å². The molecule has 2 N–H and O–H groups in total. The van der Waals surface area contributed by atoms with E-state index in [0.29, 0.717) is 17.2 Å². The molecule has 1 fully saturated rings. The third-order valence-electron chi connectivity index (χ3n) is 3.21. The van der Waals surface area contributed by atoms with Crippen LogP contribution in [0.2, 0.25) is 0 Å². The van der Waals surface area contributed by atoms with Gasteiger partial charge in [-0.2, -0.15) is 0 Å². The highest BCUT2D eigenvalue weighted by Crippen LogP contribution is 2.17. The van der Waals surface area contributed by atoms with Crippen LogP contribution < -0.4 is 5.73 Å². The number of piperidine rings is 1. The fraction of sp³-hybridized carbons (Fsp3) is 0.462. The lowest BCUT2D eigenvalue weighted by Gasteiger charge is -2.30. The van der Waals surface area contributed by atoms with Crippen LogP contribution in [0.1, 0.15) is 40.6 Å². The molecule has 18 heavy (non-hydrogen) atoms. The number of aromatic nitrogens is 1. The summed E-state index contributed by atoms with van der Waals surface area (Å²) in [5, 5.41) is 0. The van der Waals surface area contributed by atoms with Crippen LogP contribution in [0.3, 0.4) is 0 Å². The fourth-order valence-corrected chi connectivity index (χ4v) is 2.20. The molecule has 0 saturated carbocycles. The summed E-state index contributed by atoms with van der Waals surface area (Å²) < 4.78 is 0. The third kappa shape index (κ3) is 2.67. The summed E-state index contributed by atoms with van der Waals surface area (Å²) >= 11 is 0. The van der Waals surface area contributed by atoms with Crippen LogP contribution in [0.5, 0.6) is 0 Å². The lowest BCUT2D eigenvalue weighted by molar-refractivity contribution is 0.0676. The first-order chi connectivity index (χ1) is 8.58. The highest BCUT2D eigenvalue weighted by molar-refractivity contribution is 5.95. The van der Waals surface area contributed by atoms with E-state index < -0.39 is 5.91 Å². The van der Waals surface area contributed by atoms with E-state index in [9.17, 15) is 9.59 Å². The lowest BCUT2D eigenvalue weighted by atomic mass is 10.00. The maximum Gasteiger partial charge on any atom is 0.272 e. The SMILES string of the molecule is CC1CCCN(C(=O)c2ccc(C(N)=O)cn2)C1. The summed E-state index contributed by atoms with van der Waals surface area (Å²) in [7, 11) is 0. The lowest BCUT2D eigenvalue weighted by Crippen LogP contribution is -2.39. The Morgan fingerprint density at radius 1 is 1.44 bits per heavy atom. The topological polar surface area (TPSA) is 76.3 Å². The van der Waals surface area contributed by atoms with Gasteiger partial charge in [0.05, 0.1) is 5.56 Å². The smallest absolute Gasteiger partial charge is 0.272 e. The van der Waals surface area contributed by atoms with Gasteiger partial charge in [-0.25, -0.2) is 0 Å². The van der Waals surface area contributed by atoms with Gasteiger partial charge in [0.25, 0.3) is 5.91 Å². The predicted molar refractivity (Wildman–Crippen MR) is 67.1 cm³/mol. The Kier molecular flexibility index (Phi) is 3.60. The first-order valence-corrected chi connectivity index (χ1v) is 6.13. The van der Waals surface area contributed by atoms with Gasteiger partial charge in [-0.15, -0.1) is 0 Å². The van der Waals surface area contributed by atoms with Crippen LogP contribution in [0, 0.1) is 5.92 Å². The average molecular weight is 247 g/mol. The van der Waals surface area contributed by atoms with Crippen molar-refractivity contribution in [3.05, 3.63) is 29.6 Å². The van der Waals surface area contributed by atoms with E-state index in [-0.39, 0.29) is 5.91 Å². The summed E-state index contributed by atoms with van der Waals surface area (Å²) in [6.45, 7) is 3.70. The highest BCUT2D eigenvalue weighted by Gasteiger charge is 2.22. The van der Waals surface area contributed by atoms with E-state index in [1.807, 2.05) is 4.90 Å². The van der Waals surface area contributed by atoms with Gasteiger partial charge >= 0.3 is 0 Å². The third-order valence-corrected chi connectivity index (χ3v) is 3.21. The van der Waals surface area contributed by atoms with Crippen molar-refractivity contribution >= 4 is 11.8 Å². The maximum absolute atomic E-state index is 12.2. The van der Waals surface area contributed by atoms with Gasteiger partial charge < -0.3 is 10.6 Å². The van der Waals surface area contributed by atoms with Crippen molar-refractivity contribution in [3.63, 3.8) is 0 Å². The fourth-order valence-electron chi connectivity index (χ4n) is 2.20. The minimum absolute atomic E-state index is 0.0717. The number of nitrogens with zero attached hydrogens (tertiary/aromatic N) is 2. The largest absolute Gasteiger partial charge is 0.366 e. The van der Waals surface area contributed by atoms with Crippen LogP contribution in [0.25, 0.3) is 0 Å². The number of nitrogens with two attached hydrogens (primary N) is 1. The molecule has 2 amide bonds. The molecule has 1 aromatic rings. The molecule has 0 aliphatic carbocycles. The van der Waals surface area contributed by atoms with Gasteiger partial charge in [-0.05, 0) is 30.9 Å². The van der Waals surface area contributed by atoms with E-state index in [4.69, 9.17) is 5.73 Å². The molecule has 1 aromatic heterocycles. The number of primary amides is 1. The van der Waals surface area contributed by atoms with Crippen LogP contribution in [0.4, 0.5) is 0 Å². The number of rotatable bonds is 2. The zero-order chi connectivity index (χ0) is 13.1. The van der Waals surface area contributed by atoms with Crippen molar-refractivity contribution in [2.45, 2.75) is 19.8 Å². The molecule has 1 saturated heterocycles. The predicted octanol–water partition coefficient (Wildman–Crippen LogP) is 1.05. The monoisotopic (exact) mass is 247 g/mol. The van der Waals surface area contributed by atoms with Gasteiger partial charge in [0.15, 0.2) is 0 Å². The summed E-state index contributed by atoms with van der Waals surface area (Å²) in [4.78, 5) is 28.9. The van der Waals surface area contributed by atoms with E-state index in [2.05, 4.69) is 11.9 Å². The summed E-state index contributed by atoms with van der Waals surface area (Å²) in [5.41, 5.74) is 5.81. The van der Waals surface area contributed by atoms with E-state index in [0.717, 1.165) is 25.9 Å². The number of hydrogen-bond acceptors (Lipinski definition) is 3. The van der Waals surface area contributed by atoms with Crippen LogP contribution in [-0.4, -0.2) is 34.8 Å². The zero-order valence-corrected chi connectivity index (χ0v) is 10.4. The number of carbonyl (C=O) groups is 2. The van der Waals surface area contributed by atoms with Crippen molar-refractivity contribution in [2.75, 3.05) is 13.1 Å². The molecule has 96 valence electrons. The zero-order valence-electron chi connectivity index (χ0n) is 10.4. The molecule has 2 heterocycles. The average Bonchev–Trinajstić information content (AvgIpc) is 2.38. The molecule has 1 atom stereocenters. The molecule has 0 radical (unpaired) electrons. The van der Waals surface area contributed by atoms with Gasteiger partial charge in [-0.3, -0.25) is 14.6 Å². The molecule has 1 aliphatic rings. The van der Waals surface area contributed by atoms with Crippen molar-refractivity contribution in [2.24, 2.45) is 11.7 Å². The Bertz CT molecular complexity index is 456. The number of amides is 2. The summed E-state index contributed by atoms with van der Waals surface area (Å²) in [5.74, 6) is -0.0711. The van der Waals surface area contributed by atoms with Gasteiger partial charge in [0.1, 0.15) is 5.69 Å². The molecule has 2 rings (SSSR count). The van der Waals surface area contributed by atoms with Crippen molar-refractivity contribution < 1.29 is 9.59 Å². The van der Waals surface area contributed by atoms with Crippen LogP contribution in [0.15, 0.2) is 18.3 Å². The quantitative estimate of drug-likeness (QED) is 0.848. The number of hydrogen-bond donors (Lipinski definition) is 1. The molecule has 5 heteroatoms. The maximum atomic E-state index is 12.2. The molecule has 1 unspecified atom stereocenters. The second-order valence-corrected chi connectivity index (χ2v) is 4.79. The Morgan fingerprint density at radius 3 is 2.78 bits per heavy atom. The summed E-state index contributed by atoms with van der Waals surface area (Å²) in [6.07, 6.45) is 3.55. The second kappa shape index (κ2) is 5.16.